The van der Waals surface area contributed by atoms with Gasteiger partial charge in [0, 0.05) is 24.8 Å². The number of nitrogens with zero attached hydrogens (tertiary/aromatic N) is 3. The molecule has 1 saturated heterocycles. The number of amides is 1. The maximum Gasteiger partial charge on any atom is 0.412 e. The number of hydrogen-bond donors (Lipinski definition) is 2. The SMILES string of the molecule is CC(OC(=O)Nc1cnoc1N1CCN(c2ccc(C3(C(=O)O)CC3)cc2)C2CCCCC21)c1ccccc1. The van der Waals surface area contributed by atoms with Gasteiger partial charge in [-0.15, -0.1) is 0 Å². The standard InChI is InChI=1S/C30H34N4O5/c1-20(21-7-3-2-4-8-21)38-29(37)32-24-19-31-39-27(24)34-18-17-33(25-9-5-6-10-26(25)34)23-13-11-22(12-14-23)30(15-16-30)28(35)36/h2-4,7-8,11-14,19-20,25-26H,5-6,9-10,15-18H2,1H3,(H,32,37)(H,35,36). The van der Waals surface area contributed by atoms with E-state index in [-0.39, 0.29) is 12.1 Å². The zero-order chi connectivity index (χ0) is 27.0. The molecule has 1 aliphatic heterocycles. The second-order valence-corrected chi connectivity index (χ2v) is 10.9. The molecule has 0 radical (unpaired) electrons. The fourth-order valence-electron chi connectivity index (χ4n) is 6.28. The molecule has 3 atom stereocenters. The zero-order valence-electron chi connectivity index (χ0n) is 22.1. The van der Waals surface area contributed by atoms with Crippen molar-refractivity contribution in [3.63, 3.8) is 0 Å². The lowest BCUT2D eigenvalue weighted by Gasteiger charge is -2.50. The van der Waals surface area contributed by atoms with Crippen LogP contribution in [0.4, 0.5) is 22.1 Å². The number of rotatable bonds is 7. The van der Waals surface area contributed by atoms with Gasteiger partial charge in [-0.25, -0.2) is 4.79 Å². The highest BCUT2D eigenvalue weighted by Crippen LogP contribution is 2.49. The molecule has 2 heterocycles. The molecule has 204 valence electrons. The number of carboxylic acids is 1. The van der Waals surface area contributed by atoms with Gasteiger partial charge in [0.25, 0.3) is 5.88 Å². The minimum atomic E-state index is -0.730. The first-order valence-corrected chi connectivity index (χ1v) is 13.8. The van der Waals surface area contributed by atoms with E-state index in [1.165, 1.54) is 6.20 Å². The third-order valence-corrected chi connectivity index (χ3v) is 8.59. The van der Waals surface area contributed by atoms with Gasteiger partial charge in [-0.3, -0.25) is 10.1 Å². The number of carbonyl (C=O) groups excluding carboxylic acids is 1. The number of benzene rings is 2. The van der Waals surface area contributed by atoms with Crippen molar-refractivity contribution < 1.29 is 24.0 Å². The smallest absolute Gasteiger partial charge is 0.412 e. The van der Waals surface area contributed by atoms with E-state index in [0.29, 0.717) is 31.0 Å². The number of carbonyl (C=O) groups is 2. The Morgan fingerprint density at radius 2 is 1.69 bits per heavy atom. The number of aliphatic carboxylic acids is 1. The maximum absolute atomic E-state index is 12.7. The van der Waals surface area contributed by atoms with Crippen LogP contribution in [0.15, 0.2) is 65.3 Å². The van der Waals surface area contributed by atoms with Crippen molar-refractivity contribution >= 4 is 29.3 Å². The van der Waals surface area contributed by atoms with Crippen LogP contribution < -0.4 is 15.1 Å². The number of carboxylic acid groups (broad SMARTS) is 1. The number of aromatic nitrogens is 1. The molecule has 0 bridgehead atoms. The summed E-state index contributed by atoms with van der Waals surface area (Å²) in [6, 6.07) is 18.2. The van der Waals surface area contributed by atoms with E-state index in [4.69, 9.17) is 9.26 Å². The molecule has 3 aliphatic rings. The summed E-state index contributed by atoms with van der Waals surface area (Å²) >= 11 is 0. The van der Waals surface area contributed by atoms with Crippen molar-refractivity contribution in [1.29, 1.82) is 0 Å². The molecule has 2 saturated carbocycles. The van der Waals surface area contributed by atoms with E-state index in [1.807, 2.05) is 49.4 Å². The average molecular weight is 531 g/mol. The minimum Gasteiger partial charge on any atom is -0.481 e. The van der Waals surface area contributed by atoms with Crippen LogP contribution in [0.2, 0.25) is 0 Å². The molecular weight excluding hydrogens is 496 g/mol. The predicted molar refractivity (Wildman–Crippen MR) is 147 cm³/mol. The van der Waals surface area contributed by atoms with E-state index < -0.39 is 23.6 Å². The van der Waals surface area contributed by atoms with E-state index in [9.17, 15) is 14.7 Å². The number of ether oxygens (including phenoxy) is 1. The first kappa shape index (κ1) is 25.3. The van der Waals surface area contributed by atoms with Gasteiger partial charge in [0.05, 0.1) is 17.7 Å². The van der Waals surface area contributed by atoms with Crippen molar-refractivity contribution in [2.75, 3.05) is 28.2 Å². The summed E-state index contributed by atoms with van der Waals surface area (Å²) in [6.45, 7) is 3.33. The number of hydrogen-bond acceptors (Lipinski definition) is 7. The molecule has 2 aliphatic carbocycles. The van der Waals surface area contributed by atoms with Crippen LogP contribution in [0, 0.1) is 0 Å². The van der Waals surface area contributed by atoms with E-state index in [2.05, 4.69) is 32.4 Å². The van der Waals surface area contributed by atoms with Gasteiger partial charge in [-0.1, -0.05) is 60.5 Å². The lowest BCUT2D eigenvalue weighted by atomic mass is 9.85. The van der Waals surface area contributed by atoms with Crippen molar-refractivity contribution in [3.05, 3.63) is 71.9 Å². The molecule has 9 heteroatoms. The second kappa shape index (κ2) is 10.3. The van der Waals surface area contributed by atoms with Crippen LogP contribution in [0.1, 0.15) is 62.7 Å². The summed E-state index contributed by atoms with van der Waals surface area (Å²) < 4.78 is 11.3. The van der Waals surface area contributed by atoms with Crippen LogP contribution in [0.5, 0.6) is 0 Å². The lowest BCUT2D eigenvalue weighted by molar-refractivity contribution is -0.140. The summed E-state index contributed by atoms with van der Waals surface area (Å²) in [5.41, 5.74) is 2.74. The maximum atomic E-state index is 12.7. The number of anilines is 3. The van der Waals surface area contributed by atoms with Crippen molar-refractivity contribution in [1.82, 2.24) is 5.16 Å². The van der Waals surface area contributed by atoms with Gasteiger partial charge in [-0.2, -0.15) is 0 Å². The Morgan fingerprint density at radius 1 is 1.03 bits per heavy atom. The van der Waals surface area contributed by atoms with E-state index in [0.717, 1.165) is 49.0 Å². The normalized spacial score (nSPS) is 22.5. The van der Waals surface area contributed by atoms with Crippen molar-refractivity contribution in [3.8, 4) is 0 Å². The van der Waals surface area contributed by atoms with Crippen LogP contribution in [0.3, 0.4) is 0 Å². The summed E-state index contributed by atoms with van der Waals surface area (Å²) in [7, 11) is 0. The molecular formula is C30H34N4O5. The second-order valence-electron chi connectivity index (χ2n) is 10.9. The average Bonchev–Trinajstić information content (AvgIpc) is 3.66. The number of fused-ring (bicyclic) bond motifs is 1. The van der Waals surface area contributed by atoms with Gasteiger partial charge in [-0.05, 0) is 55.9 Å². The highest BCUT2D eigenvalue weighted by Gasteiger charge is 2.51. The first-order valence-electron chi connectivity index (χ1n) is 13.8. The largest absolute Gasteiger partial charge is 0.481 e. The highest BCUT2D eigenvalue weighted by molar-refractivity contribution is 5.88. The molecule has 3 aromatic rings. The summed E-state index contributed by atoms with van der Waals surface area (Å²) in [4.78, 5) is 29.2. The summed E-state index contributed by atoms with van der Waals surface area (Å²) in [6.07, 6.45) is 6.34. The molecule has 2 aromatic carbocycles. The summed E-state index contributed by atoms with van der Waals surface area (Å²) in [5, 5.41) is 16.5. The molecule has 1 amide bonds. The third-order valence-electron chi connectivity index (χ3n) is 8.59. The molecule has 2 N–H and O–H groups in total. The Bertz CT molecular complexity index is 1320. The van der Waals surface area contributed by atoms with E-state index in [1.54, 1.807) is 0 Å². The Hall–Kier alpha value is -4.01. The molecule has 1 aromatic heterocycles. The predicted octanol–water partition coefficient (Wildman–Crippen LogP) is 5.74. The molecule has 3 unspecified atom stereocenters. The monoisotopic (exact) mass is 530 g/mol. The van der Waals surface area contributed by atoms with Gasteiger partial charge in [0.2, 0.25) is 0 Å². The van der Waals surface area contributed by atoms with Crippen molar-refractivity contribution in [2.45, 2.75) is 69.1 Å². The lowest BCUT2D eigenvalue weighted by Crippen LogP contribution is -2.61. The van der Waals surface area contributed by atoms with Crippen LogP contribution in [-0.4, -0.2) is 47.5 Å². The van der Waals surface area contributed by atoms with E-state index >= 15 is 0 Å². The molecule has 0 spiro atoms. The van der Waals surface area contributed by atoms with Gasteiger partial charge < -0.3 is 24.2 Å². The molecule has 39 heavy (non-hydrogen) atoms. The quantitative estimate of drug-likeness (QED) is 0.398. The summed E-state index contributed by atoms with van der Waals surface area (Å²) in [5.74, 6) is -0.172. The van der Waals surface area contributed by atoms with Crippen molar-refractivity contribution in [2.24, 2.45) is 0 Å². The fourth-order valence-corrected chi connectivity index (χ4v) is 6.28. The van der Waals surface area contributed by atoms with Gasteiger partial charge in [0.1, 0.15) is 11.8 Å². The molecule has 3 fully saturated rings. The minimum absolute atomic E-state index is 0.203. The highest BCUT2D eigenvalue weighted by atomic mass is 16.6. The third kappa shape index (κ3) is 4.82. The van der Waals surface area contributed by atoms with Gasteiger partial charge >= 0.3 is 12.1 Å². The number of piperazine rings is 1. The Kier molecular flexibility index (Phi) is 6.66. The molecule has 9 nitrogen and oxygen atoms in total. The Balaban J connectivity index is 1.16. The zero-order valence-corrected chi connectivity index (χ0v) is 22.1. The topological polar surface area (TPSA) is 108 Å². The van der Waals surface area contributed by atoms with Crippen LogP contribution in [-0.2, 0) is 14.9 Å². The molecule has 6 rings (SSSR count). The first-order chi connectivity index (χ1) is 19.0. The van der Waals surface area contributed by atoms with Crippen LogP contribution in [0.25, 0.3) is 0 Å². The van der Waals surface area contributed by atoms with Crippen LogP contribution >= 0.6 is 0 Å². The van der Waals surface area contributed by atoms with Gasteiger partial charge in [0.15, 0.2) is 0 Å². The Morgan fingerprint density at radius 3 is 2.36 bits per heavy atom. The Labute approximate surface area is 227 Å². The fraction of sp³-hybridized carbons (Fsp3) is 0.433. The number of nitrogens with one attached hydrogen (secondary N) is 1.